The number of carbonyl (C=O) groups excluding carboxylic acids is 1. The Hall–Kier alpha value is -2.18. The van der Waals surface area contributed by atoms with E-state index in [1.54, 1.807) is 4.90 Å². The van der Waals surface area contributed by atoms with Crippen LogP contribution in [0.15, 0.2) is 12.3 Å². The Labute approximate surface area is 123 Å². The predicted octanol–water partition coefficient (Wildman–Crippen LogP) is 2.44. The molecule has 0 aromatic carbocycles. The summed E-state index contributed by atoms with van der Waals surface area (Å²) in [5.74, 6) is 0.214. The number of rotatable bonds is 7. The molecule has 0 aliphatic heterocycles. The minimum Gasteiger partial charge on any atom is -0.370 e. The van der Waals surface area contributed by atoms with Gasteiger partial charge >= 0.3 is 0 Å². The molecule has 0 saturated heterocycles. The molecule has 21 heavy (non-hydrogen) atoms. The number of nitrogens with zero attached hydrogens (tertiary/aromatic N) is 3. The summed E-state index contributed by atoms with van der Waals surface area (Å²) in [6.07, 6.45) is 4.01. The molecule has 0 radical (unpaired) electrons. The zero-order valence-electron chi connectivity index (χ0n) is 12.3. The fraction of sp³-hybridized carbons (Fsp3) is 0.571. The van der Waals surface area contributed by atoms with Crippen molar-refractivity contribution in [3.63, 3.8) is 0 Å². The Morgan fingerprint density at radius 2 is 2.24 bits per heavy atom. The predicted molar refractivity (Wildman–Crippen MR) is 79.4 cm³/mol. The van der Waals surface area contributed by atoms with Crippen LogP contribution in [0.2, 0.25) is 0 Å². The summed E-state index contributed by atoms with van der Waals surface area (Å²) in [6.45, 7) is 5.16. The first-order valence-electron chi connectivity index (χ1n) is 7.27. The Morgan fingerprint density at radius 3 is 2.76 bits per heavy atom. The van der Waals surface area contributed by atoms with E-state index in [0.29, 0.717) is 18.9 Å². The second kappa shape index (κ2) is 6.51. The van der Waals surface area contributed by atoms with E-state index in [2.05, 4.69) is 10.3 Å². The van der Waals surface area contributed by atoms with Crippen LogP contribution in [0.4, 0.5) is 11.5 Å². The highest BCUT2D eigenvalue weighted by Crippen LogP contribution is 2.30. The Balaban J connectivity index is 2.32. The molecule has 0 unspecified atom stereocenters. The van der Waals surface area contributed by atoms with Crippen molar-refractivity contribution in [2.75, 3.05) is 18.4 Å². The van der Waals surface area contributed by atoms with Gasteiger partial charge in [0.05, 0.1) is 4.92 Å². The number of anilines is 1. The highest BCUT2D eigenvalue weighted by Gasteiger charge is 2.34. The Bertz CT molecular complexity index is 543. The van der Waals surface area contributed by atoms with Crippen molar-refractivity contribution >= 4 is 17.4 Å². The van der Waals surface area contributed by atoms with Crippen molar-refractivity contribution in [2.45, 2.75) is 39.2 Å². The monoisotopic (exact) mass is 292 g/mol. The second-order valence-electron chi connectivity index (χ2n) is 5.09. The number of aromatic nitrogens is 1. The molecule has 7 nitrogen and oxygen atoms in total. The fourth-order valence-corrected chi connectivity index (χ4v) is 2.22. The maximum absolute atomic E-state index is 12.6. The zero-order valence-corrected chi connectivity index (χ0v) is 12.3. The summed E-state index contributed by atoms with van der Waals surface area (Å²) < 4.78 is 0. The molecule has 2 rings (SSSR count). The van der Waals surface area contributed by atoms with Gasteiger partial charge in [0.2, 0.25) is 0 Å². The number of pyridine rings is 1. The van der Waals surface area contributed by atoms with Gasteiger partial charge in [0.15, 0.2) is 0 Å². The number of carbonyl (C=O) groups is 1. The standard InChI is InChI=1S/C14H20N4O3/c1-3-7-15-13-8-11(12(9-16-13)18(20)21)14(19)17(4-2)10-5-6-10/h8-10H,3-7H2,1-2H3,(H,15,16). The van der Waals surface area contributed by atoms with Gasteiger partial charge in [-0.3, -0.25) is 14.9 Å². The van der Waals surface area contributed by atoms with Gasteiger partial charge in [0.1, 0.15) is 17.6 Å². The summed E-state index contributed by atoms with van der Waals surface area (Å²) in [5, 5.41) is 14.2. The first kappa shape index (κ1) is 15.2. The van der Waals surface area contributed by atoms with E-state index in [1.807, 2.05) is 13.8 Å². The number of nitro groups is 1. The molecule has 0 bridgehead atoms. The normalized spacial score (nSPS) is 13.8. The molecule has 1 aromatic heterocycles. The first-order chi connectivity index (χ1) is 10.1. The van der Waals surface area contributed by atoms with E-state index in [-0.39, 0.29) is 23.2 Å². The van der Waals surface area contributed by atoms with Crippen LogP contribution in [-0.2, 0) is 0 Å². The van der Waals surface area contributed by atoms with Gasteiger partial charge in [-0.1, -0.05) is 6.92 Å². The van der Waals surface area contributed by atoms with E-state index in [9.17, 15) is 14.9 Å². The van der Waals surface area contributed by atoms with Gasteiger partial charge in [-0.05, 0) is 26.2 Å². The molecular weight excluding hydrogens is 272 g/mol. The first-order valence-corrected chi connectivity index (χ1v) is 7.27. The third-order valence-corrected chi connectivity index (χ3v) is 3.46. The smallest absolute Gasteiger partial charge is 0.300 e. The lowest BCUT2D eigenvalue weighted by Gasteiger charge is -2.20. The van der Waals surface area contributed by atoms with Crippen LogP contribution >= 0.6 is 0 Å². The topological polar surface area (TPSA) is 88.4 Å². The number of hydrogen-bond donors (Lipinski definition) is 1. The van der Waals surface area contributed by atoms with E-state index < -0.39 is 4.92 Å². The van der Waals surface area contributed by atoms with Crippen LogP contribution in [0.1, 0.15) is 43.5 Å². The van der Waals surface area contributed by atoms with E-state index in [1.165, 1.54) is 6.07 Å². The van der Waals surface area contributed by atoms with Crippen molar-refractivity contribution in [3.05, 3.63) is 27.9 Å². The fourth-order valence-electron chi connectivity index (χ4n) is 2.22. The minimum atomic E-state index is -0.551. The summed E-state index contributed by atoms with van der Waals surface area (Å²) >= 11 is 0. The summed E-state index contributed by atoms with van der Waals surface area (Å²) in [5.41, 5.74) is -0.122. The quantitative estimate of drug-likeness (QED) is 0.616. The minimum absolute atomic E-state index is 0.113. The van der Waals surface area contributed by atoms with Crippen molar-refractivity contribution < 1.29 is 9.72 Å². The van der Waals surface area contributed by atoms with E-state index in [4.69, 9.17) is 0 Å². The molecule has 1 saturated carbocycles. The third-order valence-electron chi connectivity index (χ3n) is 3.46. The molecule has 1 amide bonds. The lowest BCUT2D eigenvalue weighted by Crippen LogP contribution is -2.33. The third kappa shape index (κ3) is 3.48. The zero-order chi connectivity index (χ0) is 15.4. The van der Waals surface area contributed by atoms with Crippen LogP contribution in [0, 0.1) is 10.1 Å². The molecular formula is C14H20N4O3. The van der Waals surface area contributed by atoms with Gasteiger partial charge < -0.3 is 10.2 Å². The number of amides is 1. The molecule has 1 heterocycles. The van der Waals surface area contributed by atoms with Crippen LogP contribution in [0.3, 0.4) is 0 Å². The van der Waals surface area contributed by atoms with Crippen molar-refractivity contribution in [2.24, 2.45) is 0 Å². The SMILES string of the molecule is CCCNc1cc(C(=O)N(CC)C2CC2)c([N+](=O)[O-])cn1. The highest BCUT2D eigenvalue weighted by atomic mass is 16.6. The van der Waals surface area contributed by atoms with Crippen molar-refractivity contribution in [1.29, 1.82) is 0 Å². The summed E-state index contributed by atoms with van der Waals surface area (Å²) in [7, 11) is 0. The Morgan fingerprint density at radius 1 is 1.52 bits per heavy atom. The number of nitrogens with one attached hydrogen (secondary N) is 1. The lowest BCUT2D eigenvalue weighted by molar-refractivity contribution is -0.385. The molecule has 1 N–H and O–H groups in total. The van der Waals surface area contributed by atoms with Crippen LogP contribution in [-0.4, -0.2) is 39.8 Å². The molecule has 0 atom stereocenters. The molecule has 114 valence electrons. The van der Waals surface area contributed by atoms with Crippen LogP contribution in [0.5, 0.6) is 0 Å². The van der Waals surface area contributed by atoms with Gasteiger partial charge in [-0.15, -0.1) is 0 Å². The van der Waals surface area contributed by atoms with Gasteiger partial charge in [-0.2, -0.15) is 0 Å². The highest BCUT2D eigenvalue weighted by molar-refractivity contribution is 5.99. The molecule has 1 fully saturated rings. The van der Waals surface area contributed by atoms with Crippen LogP contribution in [0.25, 0.3) is 0 Å². The van der Waals surface area contributed by atoms with Crippen molar-refractivity contribution in [1.82, 2.24) is 9.88 Å². The van der Waals surface area contributed by atoms with E-state index >= 15 is 0 Å². The largest absolute Gasteiger partial charge is 0.370 e. The van der Waals surface area contributed by atoms with Crippen molar-refractivity contribution in [3.8, 4) is 0 Å². The maximum Gasteiger partial charge on any atom is 0.300 e. The summed E-state index contributed by atoms with van der Waals surface area (Å²) in [6, 6.07) is 1.71. The second-order valence-corrected chi connectivity index (χ2v) is 5.09. The van der Waals surface area contributed by atoms with Gasteiger partial charge in [-0.25, -0.2) is 4.98 Å². The molecule has 1 aliphatic rings. The molecule has 7 heteroatoms. The van der Waals surface area contributed by atoms with Gasteiger partial charge in [0, 0.05) is 25.2 Å². The van der Waals surface area contributed by atoms with Crippen LogP contribution < -0.4 is 5.32 Å². The lowest BCUT2D eigenvalue weighted by atomic mass is 10.2. The molecule has 1 aromatic rings. The average molecular weight is 292 g/mol. The van der Waals surface area contributed by atoms with E-state index in [0.717, 1.165) is 25.5 Å². The maximum atomic E-state index is 12.6. The molecule has 0 spiro atoms. The van der Waals surface area contributed by atoms with Gasteiger partial charge in [0.25, 0.3) is 11.6 Å². The Kier molecular flexibility index (Phi) is 4.72. The number of hydrogen-bond acceptors (Lipinski definition) is 5. The average Bonchev–Trinajstić information content (AvgIpc) is 3.30. The molecule has 1 aliphatic carbocycles. The summed E-state index contributed by atoms with van der Waals surface area (Å²) in [4.78, 5) is 28.8.